The number of carbonyl (C=O) groups is 1. The molecule has 1 amide bonds. The molecular weight excluding hydrogens is 264 g/mol. The first kappa shape index (κ1) is 13.5. The maximum atomic E-state index is 12.6. The number of hydrogen-bond donors (Lipinski definition) is 1. The van der Waals surface area contributed by atoms with Crippen LogP contribution in [0.1, 0.15) is 41.4 Å². The van der Waals surface area contributed by atoms with Gasteiger partial charge < -0.3 is 10.6 Å². The zero-order chi connectivity index (χ0) is 13.1. The van der Waals surface area contributed by atoms with Gasteiger partial charge in [-0.2, -0.15) is 0 Å². The second-order valence-electron chi connectivity index (χ2n) is 4.54. The minimum atomic E-state index is -0.0620. The Morgan fingerprint density at radius 3 is 3.06 bits per heavy atom. The van der Waals surface area contributed by atoms with Gasteiger partial charge >= 0.3 is 0 Å². The zero-order valence-corrected chi connectivity index (χ0v) is 12.1. The highest BCUT2D eigenvalue weighted by Crippen LogP contribution is 2.24. The summed E-state index contributed by atoms with van der Waals surface area (Å²) < 4.78 is 0. The Bertz CT molecular complexity index is 456. The summed E-state index contributed by atoms with van der Waals surface area (Å²) >= 11 is 6.60. The van der Waals surface area contributed by atoms with E-state index in [9.17, 15) is 4.79 Å². The fraction of sp³-hybridized carbons (Fsp3) is 0.538. The molecule has 1 aromatic rings. The van der Waals surface area contributed by atoms with Crippen molar-refractivity contribution in [3.63, 3.8) is 0 Å². The van der Waals surface area contributed by atoms with E-state index in [4.69, 9.17) is 18.0 Å². The van der Waals surface area contributed by atoms with Gasteiger partial charge in [-0.05, 0) is 42.7 Å². The Balaban J connectivity index is 2.23. The van der Waals surface area contributed by atoms with Gasteiger partial charge in [-0.3, -0.25) is 4.79 Å². The van der Waals surface area contributed by atoms with Gasteiger partial charge in [0.25, 0.3) is 5.91 Å². The lowest BCUT2D eigenvalue weighted by Gasteiger charge is -2.35. The molecule has 1 aromatic heterocycles. The lowest BCUT2D eigenvalue weighted by Crippen LogP contribution is -2.49. The molecule has 1 aliphatic heterocycles. The van der Waals surface area contributed by atoms with Crippen molar-refractivity contribution < 1.29 is 4.79 Å². The van der Waals surface area contributed by atoms with E-state index in [2.05, 4.69) is 6.92 Å². The van der Waals surface area contributed by atoms with E-state index >= 15 is 0 Å². The standard InChI is InChI=1S/C13H18N2OS2/c1-2-9-6-8-18-11(9)13(16)15-7-4-3-5-10(15)12(14)17/h6,8,10H,2-5,7H2,1H3,(H2,14,17). The van der Waals surface area contributed by atoms with Gasteiger partial charge in [-0.1, -0.05) is 19.1 Å². The number of thiocarbonyl (C=S) groups is 1. The second-order valence-corrected chi connectivity index (χ2v) is 5.93. The van der Waals surface area contributed by atoms with Crippen molar-refractivity contribution in [3.8, 4) is 0 Å². The SMILES string of the molecule is CCc1ccsc1C(=O)N1CCCCC1C(N)=S. The third kappa shape index (κ3) is 2.57. The van der Waals surface area contributed by atoms with Crippen LogP contribution in [0.2, 0.25) is 0 Å². The van der Waals surface area contributed by atoms with Crippen LogP contribution in [0.15, 0.2) is 11.4 Å². The highest BCUT2D eigenvalue weighted by molar-refractivity contribution is 7.80. The molecular formula is C13H18N2OS2. The monoisotopic (exact) mass is 282 g/mol. The van der Waals surface area contributed by atoms with Crippen LogP contribution >= 0.6 is 23.6 Å². The minimum absolute atomic E-state index is 0.0620. The summed E-state index contributed by atoms with van der Waals surface area (Å²) in [7, 11) is 0. The number of amides is 1. The van der Waals surface area contributed by atoms with Crippen molar-refractivity contribution in [2.24, 2.45) is 5.73 Å². The molecule has 0 spiro atoms. The average molecular weight is 282 g/mol. The smallest absolute Gasteiger partial charge is 0.264 e. The molecule has 0 saturated carbocycles. The van der Waals surface area contributed by atoms with Crippen molar-refractivity contribution >= 4 is 34.5 Å². The lowest BCUT2D eigenvalue weighted by molar-refractivity contribution is 0.0685. The van der Waals surface area contributed by atoms with Crippen molar-refractivity contribution in [2.75, 3.05) is 6.54 Å². The second kappa shape index (κ2) is 5.80. The number of aryl methyl sites for hydroxylation is 1. The van der Waals surface area contributed by atoms with E-state index < -0.39 is 0 Å². The number of rotatable bonds is 3. The molecule has 1 unspecified atom stereocenters. The average Bonchev–Trinajstić information content (AvgIpc) is 2.86. The molecule has 2 rings (SSSR count). The molecule has 0 bridgehead atoms. The van der Waals surface area contributed by atoms with Crippen LogP contribution in [0.3, 0.4) is 0 Å². The van der Waals surface area contributed by atoms with E-state index in [0.29, 0.717) is 4.99 Å². The highest BCUT2D eigenvalue weighted by Gasteiger charge is 2.30. The van der Waals surface area contributed by atoms with Crippen LogP contribution in [-0.2, 0) is 6.42 Å². The summed E-state index contributed by atoms with van der Waals surface area (Å²) in [6.07, 6.45) is 3.92. The molecule has 2 heterocycles. The van der Waals surface area contributed by atoms with Gasteiger partial charge in [0.05, 0.1) is 15.9 Å². The van der Waals surface area contributed by atoms with Gasteiger partial charge in [0.1, 0.15) is 0 Å². The third-order valence-corrected chi connectivity index (χ3v) is 4.63. The molecule has 1 atom stereocenters. The molecule has 3 nitrogen and oxygen atoms in total. The van der Waals surface area contributed by atoms with Crippen LogP contribution in [0.4, 0.5) is 0 Å². The molecule has 1 fully saturated rings. The number of piperidine rings is 1. The number of thiophene rings is 1. The third-order valence-electron chi connectivity index (χ3n) is 3.41. The van der Waals surface area contributed by atoms with E-state index in [1.165, 1.54) is 11.3 Å². The summed E-state index contributed by atoms with van der Waals surface area (Å²) in [5.74, 6) is 0.0966. The number of hydrogen-bond acceptors (Lipinski definition) is 3. The molecule has 0 radical (unpaired) electrons. The molecule has 2 N–H and O–H groups in total. The number of likely N-dealkylation sites (tertiary alicyclic amines) is 1. The van der Waals surface area contributed by atoms with Gasteiger partial charge in [-0.25, -0.2) is 0 Å². The molecule has 98 valence electrons. The summed E-state index contributed by atoms with van der Waals surface area (Å²) in [5, 5.41) is 1.98. The number of nitrogens with two attached hydrogens (primary N) is 1. The van der Waals surface area contributed by atoms with Crippen LogP contribution in [0.25, 0.3) is 0 Å². The predicted molar refractivity (Wildman–Crippen MR) is 79.2 cm³/mol. The van der Waals surface area contributed by atoms with Crippen molar-refractivity contribution in [2.45, 2.75) is 38.6 Å². The summed E-state index contributed by atoms with van der Waals surface area (Å²) in [6.45, 7) is 2.84. The Hall–Kier alpha value is -0.940. The van der Waals surface area contributed by atoms with Crippen LogP contribution < -0.4 is 5.73 Å². The van der Waals surface area contributed by atoms with Crippen molar-refractivity contribution in [1.82, 2.24) is 4.90 Å². The Labute approximate surface area is 117 Å². The zero-order valence-electron chi connectivity index (χ0n) is 10.5. The highest BCUT2D eigenvalue weighted by atomic mass is 32.1. The molecule has 0 aromatic carbocycles. The van der Waals surface area contributed by atoms with Gasteiger partial charge in [0, 0.05) is 6.54 Å². The summed E-state index contributed by atoms with van der Waals surface area (Å²) in [6, 6.07) is 1.96. The molecule has 5 heteroatoms. The molecule has 1 saturated heterocycles. The van der Waals surface area contributed by atoms with E-state index in [1.807, 2.05) is 16.3 Å². The summed E-state index contributed by atoms with van der Waals surface area (Å²) in [5.41, 5.74) is 6.88. The fourth-order valence-electron chi connectivity index (χ4n) is 2.40. The largest absolute Gasteiger partial charge is 0.392 e. The predicted octanol–water partition coefficient (Wildman–Crippen LogP) is 2.59. The normalized spacial score (nSPS) is 19.8. The molecule has 0 aliphatic carbocycles. The first-order valence-corrected chi connectivity index (χ1v) is 7.60. The van der Waals surface area contributed by atoms with Crippen molar-refractivity contribution in [1.29, 1.82) is 0 Å². The Kier molecular flexibility index (Phi) is 4.35. The van der Waals surface area contributed by atoms with E-state index in [-0.39, 0.29) is 11.9 Å². The quantitative estimate of drug-likeness (QED) is 0.867. The number of carbonyl (C=O) groups excluding carboxylic acids is 1. The van der Waals surface area contributed by atoms with Gasteiger partial charge in [-0.15, -0.1) is 11.3 Å². The molecule has 18 heavy (non-hydrogen) atoms. The van der Waals surface area contributed by atoms with Crippen LogP contribution in [0, 0.1) is 0 Å². The van der Waals surface area contributed by atoms with E-state index in [1.54, 1.807) is 0 Å². The molecule has 1 aliphatic rings. The first-order valence-electron chi connectivity index (χ1n) is 6.31. The van der Waals surface area contributed by atoms with Crippen LogP contribution in [-0.4, -0.2) is 28.4 Å². The van der Waals surface area contributed by atoms with Gasteiger partial charge in [0.15, 0.2) is 0 Å². The summed E-state index contributed by atoms with van der Waals surface area (Å²) in [4.78, 5) is 15.7. The maximum Gasteiger partial charge on any atom is 0.264 e. The van der Waals surface area contributed by atoms with Gasteiger partial charge in [0.2, 0.25) is 0 Å². The Morgan fingerprint density at radius 2 is 2.39 bits per heavy atom. The first-order chi connectivity index (χ1) is 8.65. The van der Waals surface area contributed by atoms with Crippen molar-refractivity contribution in [3.05, 3.63) is 21.9 Å². The lowest BCUT2D eigenvalue weighted by atomic mass is 10.0. The number of nitrogens with zero attached hydrogens (tertiary/aromatic N) is 1. The minimum Gasteiger partial charge on any atom is -0.392 e. The van der Waals surface area contributed by atoms with E-state index in [0.717, 1.165) is 42.7 Å². The maximum absolute atomic E-state index is 12.6. The fourth-order valence-corrected chi connectivity index (χ4v) is 3.60. The Morgan fingerprint density at radius 1 is 1.61 bits per heavy atom. The van der Waals surface area contributed by atoms with Crippen LogP contribution in [0.5, 0.6) is 0 Å². The topological polar surface area (TPSA) is 46.3 Å².